The van der Waals surface area contributed by atoms with Crippen molar-refractivity contribution >= 4 is 17.6 Å². The summed E-state index contributed by atoms with van der Waals surface area (Å²) in [5, 5.41) is 2.66. The van der Waals surface area contributed by atoms with E-state index in [4.69, 9.17) is 0 Å². The summed E-state index contributed by atoms with van der Waals surface area (Å²) >= 11 is 3.24. The summed E-state index contributed by atoms with van der Waals surface area (Å²) in [7, 11) is 0. The van der Waals surface area contributed by atoms with Crippen molar-refractivity contribution in [2.24, 2.45) is 0 Å². The molecule has 2 nitrogen and oxygen atoms in total. The van der Waals surface area contributed by atoms with Crippen LogP contribution in [0.1, 0.15) is 0 Å². The maximum atomic E-state index is 13.3. The first-order valence-electron chi connectivity index (χ1n) is 6.88. The largest absolute Gasteiger partial charge is 0.544 e. The van der Waals surface area contributed by atoms with Crippen LogP contribution in [-0.4, -0.2) is 64.7 Å². The second-order valence-electron chi connectivity index (χ2n) is 5.95. The van der Waals surface area contributed by atoms with Crippen LogP contribution in [0, 0.1) is 0 Å². The number of hydrogen-bond acceptors (Lipinski definition) is 2. The van der Waals surface area contributed by atoms with Gasteiger partial charge in [-0.2, -0.15) is 87.8 Å². The van der Waals surface area contributed by atoms with E-state index in [-0.39, 0.29) is 0 Å². The molecule has 0 aromatic carbocycles. The summed E-state index contributed by atoms with van der Waals surface area (Å²) in [6, 6.07) is 0. The maximum absolute atomic E-state index is 13.3. The van der Waals surface area contributed by atoms with E-state index in [0.717, 1.165) is 0 Å². The fourth-order valence-electron chi connectivity index (χ4n) is 1.69. The molecule has 0 aromatic rings. The predicted molar refractivity (Wildman–Crippen MR) is 60.3 cm³/mol. The van der Waals surface area contributed by atoms with Crippen molar-refractivity contribution in [3.8, 4) is 0 Å². The minimum Gasteiger partial charge on any atom is -0.544 e. The molecule has 0 unspecified atom stereocenters. The first-order valence-corrected chi connectivity index (χ1v) is 7.25. The van der Waals surface area contributed by atoms with Gasteiger partial charge in [-0.25, -0.2) is 0 Å². The zero-order valence-corrected chi connectivity index (χ0v) is 15.0. The molecule has 0 radical (unpaired) electrons. The average molecular weight is 580 g/mol. The molecule has 0 bridgehead atoms. The van der Waals surface area contributed by atoms with Crippen molar-refractivity contribution in [3.63, 3.8) is 0 Å². The SMILES string of the molecule is O=C([O-])C(F)(F)C(F)(F)C(F)(F)C(F)(F)C(F)(F)C(F)(F)C(F)(F)C(F)(F)C(F)(F)C(F)(F)Cl. The van der Waals surface area contributed by atoms with Crippen molar-refractivity contribution in [2.75, 3.05) is 0 Å². The molecule has 0 saturated heterocycles. The summed E-state index contributed by atoms with van der Waals surface area (Å²) < 4.78 is 260. The number of rotatable bonds is 10. The van der Waals surface area contributed by atoms with E-state index in [1.807, 2.05) is 0 Å². The minimum atomic E-state index is -9.22. The van der Waals surface area contributed by atoms with Crippen LogP contribution in [-0.2, 0) is 4.79 Å². The van der Waals surface area contributed by atoms with Gasteiger partial charge in [-0.15, -0.1) is 0 Å². The second-order valence-corrected chi connectivity index (χ2v) is 6.43. The summed E-state index contributed by atoms with van der Waals surface area (Å²) in [5.41, 5.74) is 0. The first kappa shape index (κ1) is 32.4. The lowest BCUT2D eigenvalue weighted by atomic mass is 9.86. The Labute approximate surface area is 175 Å². The lowest BCUT2D eigenvalue weighted by Gasteiger charge is -2.44. The molecule has 0 aliphatic rings. The van der Waals surface area contributed by atoms with E-state index in [9.17, 15) is 97.7 Å². The molecule has 0 fully saturated rings. The Kier molecular flexibility index (Phi) is 7.31. The lowest BCUT2D eigenvalue weighted by molar-refractivity contribution is -0.467. The minimum absolute atomic E-state index is 3.24. The fourth-order valence-corrected chi connectivity index (χ4v) is 1.81. The highest BCUT2D eigenvalue weighted by Crippen LogP contribution is 2.66. The summed E-state index contributed by atoms with van der Waals surface area (Å²) in [4.78, 5) is 9.74. The maximum Gasteiger partial charge on any atom is 0.393 e. The molecule has 204 valence electrons. The number of carbonyl (C=O) groups is 1. The van der Waals surface area contributed by atoms with E-state index in [1.54, 1.807) is 0 Å². The third-order valence-corrected chi connectivity index (χ3v) is 4.00. The van der Waals surface area contributed by atoms with Crippen LogP contribution in [0.2, 0.25) is 0 Å². The molecule has 0 amide bonds. The number of hydrogen-bond donors (Lipinski definition) is 0. The fraction of sp³-hybridized carbons (Fsp3) is 0.909. The van der Waals surface area contributed by atoms with Crippen molar-refractivity contribution < 1.29 is 97.7 Å². The molecule has 0 spiro atoms. The van der Waals surface area contributed by atoms with E-state index in [1.165, 1.54) is 0 Å². The molecule has 0 aliphatic heterocycles. The van der Waals surface area contributed by atoms with Gasteiger partial charge >= 0.3 is 58.7 Å². The van der Waals surface area contributed by atoms with Crippen LogP contribution in [0.5, 0.6) is 0 Å². The number of halogens is 21. The summed E-state index contributed by atoms with van der Waals surface area (Å²) in [5.74, 6) is -83.2. The molecule has 34 heavy (non-hydrogen) atoms. The van der Waals surface area contributed by atoms with Gasteiger partial charge in [0.05, 0.1) is 0 Å². The number of carboxylic acid groups (broad SMARTS) is 1. The molecular formula is C11ClF20O2-. The Bertz CT molecular complexity index is 795. The summed E-state index contributed by atoms with van der Waals surface area (Å²) in [6.07, 6.45) is 0. The average Bonchev–Trinajstić information content (AvgIpc) is 2.58. The van der Waals surface area contributed by atoms with E-state index in [2.05, 4.69) is 11.6 Å². The van der Waals surface area contributed by atoms with Crippen LogP contribution in [0.25, 0.3) is 0 Å². The van der Waals surface area contributed by atoms with Gasteiger partial charge in [0.1, 0.15) is 5.97 Å². The topological polar surface area (TPSA) is 40.1 Å². The highest BCUT2D eigenvalue weighted by atomic mass is 35.5. The Hall–Kier alpha value is -1.64. The van der Waals surface area contributed by atoms with Gasteiger partial charge in [0.15, 0.2) is 0 Å². The Morgan fingerprint density at radius 3 is 0.765 bits per heavy atom. The molecule has 0 heterocycles. The zero-order valence-electron chi connectivity index (χ0n) is 14.3. The standard InChI is InChI=1S/C11HClF20O2/c12-11(31,32)10(29,30)9(27,28)8(25,26)7(23,24)6(21,22)5(19,20)4(17,18)3(15,16)2(13,14)1(33)34/h(H,33,34)/p-1. The van der Waals surface area contributed by atoms with Gasteiger partial charge in [-0.05, 0) is 11.6 Å². The van der Waals surface area contributed by atoms with Crippen LogP contribution in [0.4, 0.5) is 87.8 Å². The molecule has 0 aliphatic carbocycles. The third-order valence-electron chi connectivity index (χ3n) is 3.77. The Balaban J connectivity index is 7.11. The molecular weight excluding hydrogens is 580 g/mol. The number of carbonyl (C=O) groups excluding carboxylic acids is 1. The van der Waals surface area contributed by atoms with Crippen LogP contribution in [0.3, 0.4) is 0 Å². The monoisotopic (exact) mass is 579 g/mol. The molecule has 0 saturated carbocycles. The molecule has 0 N–H and O–H groups in total. The normalized spacial score (nSPS) is 16.6. The third kappa shape index (κ3) is 3.59. The van der Waals surface area contributed by atoms with Crippen molar-refractivity contribution in [1.82, 2.24) is 0 Å². The van der Waals surface area contributed by atoms with E-state index in [0.29, 0.717) is 0 Å². The smallest absolute Gasteiger partial charge is 0.393 e. The van der Waals surface area contributed by atoms with E-state index < -0.39 is 64.7 Å². The number of alkyl halides is 21. The van der Waals surface area contributed by atoms with Crippen molar-refractivity contribution in [2.45, 2.75) is 58.7 Å². The summed E-state index contributed by atoms with van der Waals surface area (Å²) in [6.45, 7) is 0. The predicted octanol–water partition coefficient (Wildman–Crippen LogP) is 5.29. The van der Waals surface area contributed by atoms with Gasteiger partial charge < -0.3 is 9.90 Å². The Morgan fingerprint density at radius 2 is 0.588 bits per heavy atom. The van der Waals surface area contributed by atoms with Gasteiger partial charge in [-0.1, -0.05) is 0 Å². The number of carboxylic acids is 1. The second kappa shape index (κ2) is 7.68. The van der Waals surface area contributed by atoms with Crippen LogP contribution in [0.15, 0.2) is 0 Å². The quantitative estimate of drug-likeness (QED) is 0.261. The number of aliphatic carboxylic acids is 1. The zero-order chi connectivity index (χ0) is 28.6. The van der Waals surface area contributed by atoms with E-state index >= 15 is 0 Å². The molecule has 0 rings (SSSR count). The highest BCUT2D eigenvalue weighted by Gasteiger charge is 2.97. The van der Waals surface area contributed by atoms with Gasteiger partial charge in [-0.3, -0.25) is 0 Å². The van der Waals surface area contributed by atoms with Crippen molar-refractivity contribution in [1.29, 1.82) is 0 Å². The van der Waals surface area contributed by atoms with Gasteiger partial charge in [0.2, 0.25) is 0 Å². The lowest BCUT2D eigenvalue weighted by Crippen LogP contribution is -2.77. The Morgan fingerprint density at radius 1 is 0.412 bits per heavy atom. The highest BCUT2D eigenvalue weighted by molar-refractivity contribution is 6.22. The van der Waals surface area contributed by atoms with Crippen molar-refractivity contribution in [3.05, 3.63) is 0 Å². The molecule has 0 aromatic heterocycles. The molecule has 23 heteroatoms. The van der Waals surface area contributed by atoms with Gasteiger partial charge in [0, 0.05) is 0 Å². The van der Waals surface area contributed by atoms with Crippen LogP contribution >= 0.6 is 11.6 Å². The van der Waals surface area contributed by atoms with Crippen LogP contribution < -0.4 is 5.11 Å². The van der Waals surface area contributed by atoms with Gasteiger partial charge in [0.25, 0.3) is 0 Å². The molecule has 0 atom stereocenters. The first-order chi connectivity index (χ1) is 14.2.